The van der Waals surface area contributed by atoms with E-state index in [0.29, 0.717) is 11.8 Å². The van der Waals surface area contributed by atoms with Gasteiger partial charge in [-0.05, 0) is 37.2 Å². The average Bonchev–Trinajstić information content (AvgIpc) is 2.79. The van der Waals surface area contributed by atoms with Crippen LogP contribution in [0.3, 0.4) is 0 Å². The van der Waals surface area contributed by atoms with Gasteiger partial charge in [-0.25, -0.2) is 0 Å². The van der Waals surface area contributed by atoms with Gasteiger partial charge in [0, 0.05) is 6.54 Å². The zero-order valence-electron chi connectivity index (χ0n) is 13.5. The number of aryl methyl sites for hydroxylation is 1. The summed E-state index contributed by atoms with van der Waals surface area (Å²) in [5.74, 6) is 0.928. The molecule has 3 nitrogen and oxygen atoms in total. The second-order valence-corrected chi connectivity index (χ2v) is 6.38. The van der Waals surface area contributed by atoms with Gasteiger partial charge < -0.3 is 4.90 Å². The largest absolute Gasteiger partial charge is 0.326 e. The van der Waals surface area contributed by atoms with E-state index in [9.17, 15) is 4.79 Å². The second kappa shape index (κ2) is 7.60. The lowest BCUT2D eigenvalue weighted by Gasteiger charge is -2.23. The number of benzene rings is 1. The summed E-state index contributed by atoms with van der Waals surface area (Å²) in [6.45, 7) is 7.44. The highest BCUT2D eigenvalue weighted by molar-refractivity contribution is 5.84. The summed E-state index contributed by atoms with van der Waals surface area (Å²) in [5, 5.41) is 3.51. The van der Waals surface area contributed by atoms with Crippen LogP contribution in [0.5, 0.6) is 0 Å². The van der Waals surface area contributed by atoms with Crippen LogP contribution in [0.1, 0.15) is 45.6 Å². The predicted octanol–water partition coefficient (Wildman–Crippen LogP) is 3.20. The fraction of sp³-hybridized carbons (Fsp3) is 0.611. The fourth-order valence-corrected chi connectivity index (χ4v) is 2.91. The van der Waals surface area contributed by atoms with Gasteiger partial charge in [0.2, 0.25) is 5.91 Å². The monoisotopic (exact) mass is 288 g/mol. The van der Waals surface area contributed by atoms with Crippen molar-refractivity contribution in [3.05, 3.63) is 35.9 Å². The van der Waals surface area contributed by atoms with Crippen molar-refractivity contribution in [2.45, 2.75) is 58.7 Å². The number of rotatable bonds is 7. The number of hydrogen-bond acceptors (Lipinski definition) is 2. The van der Waals surface area contributed by atoms with Crippen molar-refractivity contribution < 1.29 is 4.79 Å². The molecule has 0 aromatic heterocycles. The Balaban J connectivity index is 1.91. The van der Waals surface area contributed by atoms with Gasteiger partial charge in [-0.3, -0.25) is 10.1 Å². The maximum absolute atomic E-state index is 12.6. The molecule has 0 spiro atoms. The molecule has 1 N–H and O–H groups in total. The lowest BCUT2D eigenvalue weighted by Crippen LogP contribution is -2.37. The van der Waals surface area contributed by atoms with Gasteiger partial charge in [0.1, 0.15) is 0 Å². The Labute approximate surface area is 128 Å². The molecule has 0 radical (unpaired) electrons. The Kier molecular flexibility index (Phi) is 5.80. The molecule has 0 saturated carbocycles. The molecule has 0 aliphatic carbocycles. The van der Waals surface area contributed by atoms with Crippen LogP contribution in [-0.2, 0) is 11.2 Å². The minimum atomic E-state index is -0.0117. The Morgan fingerprint density at radius 3 is 2.57 bits per heavy atom. The number of hydrogen-bond donors (Lipinski definition) is 1. The summed E-state index contributed by atoms with van der Waals surface area (Å²) in [6.07, 6.45) is 4.12. The SMILES string of the molecule is CCC1NC(CCc2ccccc2)C(=O)N1CCC(C)C. The maximum atomic E-state index is 12.6. The van der Waals surface area contributed by atoms with E-state index < -0.39 is 0 Å². The lowest BCUT2D eigenvalue weighted by molar-refractivity contribution is -0.130. The predicted molar refractivity (Wildman–Crippen MR) is 86.9 cm³/mol. The zero-order chi connectivity index (χ0) is 15.2. The van der Waals surface area contributed by atoms with Gasteiger partial charge in [-0.2, -0.15) is 0 Å². The summed E-state index contributed by atoms with van der Waals surface area (Å²) in [7, 11) is 0. The molecule has 3 heteroatoms. The molecule has 1 aromatic carbocycles. The second-order valence-electron chi connectivity index (χ2n) is 6.38. The molecule has 0 bridgehead atoms. The van der Waals surface area contributed by atoms with Crippen LogP contribution in [0, 0.1) is 5.92 Å². The quantitative estimate of drug-likeness (QED) is 0.835. The first-order chi connectivity index (χ1) is 10.1. The van der Waals surface area contributed by atoms with Crippen LogP contribution in [0.2, 0.25) is 0 Å². The smallest absolute Gasteiger partial charge is 0.241 e. The Bertz CT molecular complexity index is 444. The minimum Gasteiger partial charge on any atom is -0.326 e. The Hall–Kier alpha value is -1.35. The normalized spacial score (nSPS) is 22.3. The molecule has 1 saturated heterocycles. The van der Waals surface area contributed by atoms with E-state index in [1.165, 1.54) is 5.56 Å². The molecule has 2 unspecified atom stereocenters. The van der Waals surface area contributed by atoms with Crippen molar-refractivity contribution in [3.63, 3.8) is 0 Å². The van der Waals surface area contributed by atoms with Crippen LogP contribution in [0.4, 0.5) is 0 Å². The van der Waals surface area contributed by atoms with Crippen LogP contribution in [0.15, 0.2) is 30.3 Å². The van der Waals surface area contributed by atoms with Crippen molar-refractivity contribution in [2.75, 3.05) is 6.54 Å². The Morgan fingerprint density at radius 2 is 1.95 bits per heavy atom. The van der Waals surface area contributed by atoms with Crippen molar-refractivity contribution in [2.24, 2.45) is 5.92 Å². The standard InChI is InChI=1S/C18H28N2O/c1-4-17-19-16(11-10-15-8-6-5-7-9-15)18(21)20(17)13-12-14(2)3/h5-9,14,16-17,19H,4,10-13H2,1-3H3. The molecule has 1 amide bonds. The van der Waals surface area contributed by atoms with E-state index in [0.717, 1.165) is 32.2 Å². The van der Waals surface area contributed by atoms with Gasteiger partial charge in [0.25, 0.3) is 0 Å². The minimum absolute atomic E-state index is 0.0117. The lowest BCUT2D eigenvalue weighted by atomic mass is 10.1. The summed E-state index contributed by atoms with van der Waals surface area (Å²) < 4.78 is 0. The van der Waals surface area contributed by atoms with Crippen molar-refractivity contribution >= 4 is 5.91 Å². The molecule has 1 aliphatic heterocycles. The van der Waals surface area contributed by atoms with Gasteiger partial charge >= 0.3 is 0 Å². The third-order valence-electron chi connectivity index (χ3n) is 4.25. The first kappa shape index (κ1) is 16.0. The number of carbonyl (C=O) groups is 1. The highest BCUT2D eigenvalue weighted by atomic mass is 16.2. The van der Waals surface area contributed by atoms with E-state index in [4.69, 9.17) is 0 Å². The summed E-state index contributed by atoms with van der Waals surface area (Å²) in [4.78, 5) is 14.6. The number of nitrogens with one attached hydrogen (secondary N) is 1. The number of amides is 1. The molecular formula is C18H28N2O. The van der Waals surface area contributed by atoms with Crippen LogP contribution in [0.25, 0.3) is 0 Å². The van der Waals surface area contributed by atoms with E-state index in [-0.39, 0.29) is 12.2 Å². The molecule has 2 atom stereocenters. The highest BCUT2D eigenvalue weighted by Crippen LogP contribution is 2.19. The summed E-state index contributed by atoms with van der Waals surface area (Å²) in [5.41, 5.74) is 1.31. The Morgan fingerprint density at radius 1 is 1.24 bits per heavy atom. The van der Waals surface area contributed by atoms with Crippen LogP contribution in [-0.4, -0.2) is 29.6 Å². The third-order valence-corrected chi connectivity index (χ3v) is 4.25. The summed E-state index contributed by atoms with van der Waals surface area (Å²) in [6, 6.07) is 10.4. The molecular weight excluding hydrogens is 260 g/mol. The molecule has 1 aromatic rings. The van der Waals surface area contributed by atoms with Crippen LogP contribution < -0.4 is 5.32 Å². The van der Waals surface area contributed by atoms with Gasteiger partial charge in [0.15, 0.2) is 0 Å². The fourth-order valence-electron chi connectivity index (χ4n) is 2.91. The average molecular weight is 288 g/mol. The molecule has 1 heterocycles. The first-order valence-corrected chi connectivity index (χ1v) is 8.22. The molecule has 116 valence electrons. The van der Waals surface area contributed by atoms with Gasteiger partial charge in [-0.1, -0.05) is 51.1 Å². The number of nitrogens with zero attached hydrogens (tertiary/aromatic N) is 1. The van der Waals surface area contributed by atoms with E-state index >= 15 is 0 Å². The maximum Gasteiger partial charge on any atom is 0.241 e. The molecule has 2 rings (SSSR count). The zero-order valence-corrected chi connectivity index (χ0v) is 13.5. The van der Waals surface area contributed by atoms with Crippen molar-refractivity contribution in [1.82, 2.24) is 10.2 Å². The number of carbonyl (C=O) groups excluding carboxylic acids is 1. The highest BCUT2D eigenvalue weighted by Gasteiger charge is 2.36. The topological polar surface area (TPSA) is 32.3 Å². The van der Waals surface area contributed by atoms with E-state index in [1.807, 2.05) is 6.07 Å². The molecule has 21 heavy (non-hydrogen) atoms. The third kappa shape index (κ3) is 4.31. The first-order valence-electron chi connectivity index (χ1n) is 8.22. The molecule has 1 aliphatic rings. The van der Waals surface area contributed by atoms with Gasteiger partial charge in [0.05, 0.1) is 12.2 Å². The van der Waals surface area contributed by atoms with Gasteiger partial charge in [-0.15, -0.1) is 0 Å². The molecule has 1 fully saturated rings. The van der Waals surface area contributed by atoms with E-state index in [2.05, 4.69) is 55.3 Å². The van der Waals surface area contributed by atoms with Crippen LogP contribution >= 0.6 is 0 Å². The summed E-state index contributed by atoms with van der Waals surface area (Å²) >= 11 is 0. The van der Waals surface area contributed by atoms with E-state index in [1.54, 1.807) is 0 Å². The van der Waals surface area contributed by atoms with Crippen molar-refractivity contribution in [1.29, 1.82) is 0 Å². The van der Waals surface area contributed by atoms with Crippen molar-refractivity contribution in [3.8, 4) is 0 Å².